The number of aliphatic imine (C=N–C) groups is 1. The number of amides is 1. The number of ether oxygens (including phenoxy) is 1. The molecule has 38 heavy (non-hydrogen) atoms. The summed E-state index contributed by atoms with van der Waals surface area (Å²) in [4.78, 5) is 35.5. The zero-order valence-corrected chi connectivity index (χ0v) is 19.9. The van der Waals surface area contributed by atoms with E-state index in [0.717, 1.165) is 17.7 Å². The Morgan fingerprint density at radius 1 is 1.05 bits per heavy atom. The standard InChI is InChI=1S/C27H23F2N5O4/c28-19-8-6-16(12-20(19)29)14-34-11-10-30-24(26(34)36)25(35)31-23(17-4-2-1-3-5-17)15-38-18-7-9-21-22(13-18)33-27(37)32-21/h1-13,23,26,36H,14-15H2,(H,31,35)(H2,32,33,37). The van der Waals surface area contributed by atoms with Crippen LogP contribution in [0.2, 0.25) is 0 Å². The second-order valence-electron chi connectivity index (χ2n) is 8.64. The number of hydrogen-bond donors (Lipinski definition) is 4. The van der Waals surface area contributed by atoms with Gasteiger partial charge in [-0.15, -0.1) is 0 Å². The minimum absolute atomic E-state index is 0.0239. The highest BCUT2D eigenvalue weighted by Crippen LogP contribution is 2.21. The van der Waals surface area contributed by atoms with Gasteiger partial charge in [0.1, 0.15) is 12.4 Å². The Morgan fingerprint density at radius 3 is 2.63 bits per heavy atom. The van der Waals surface area contributed by atoms with Crippen molar-refractivity contribution < 1.29 is 23.4 Å². The van der Waals surface area contributed by atoms with Crippen molar-refractivity contribution in [2.45, 2.75) is 18.8 Å². The van der Waals surface area contributed by atoms with E-state index >= 15 is 0 Å². The molecule has 1 aliphatic rings. The largest absolute Gasteiger partial charge is 0.491 e. The lowest BCUT2D eigenvalue weighted by atomic mass is 10.1. The molecule has 9 nitrogen and oxygen atoms in total. The topological polar surface area (TPSA) is 123 Å². The fraction of sp³-hybridized carbons (Fsp3) is 0.148. The maximum Gasteiger partial charge on any atom is 0.323 e. The summed E-state index contributed by atoms with van der Waals surface area (Å²) in [5.74, 6) is -2.11. The van der Waals surface area contributed by atoms with Gasteiger partial charge in [0.05, 0.1) is 17.1 Å². The zero-order valence-electron chi connectivity index (χ0n) is 19.9. The van der Waals surface area contributed by atoms with Gasteiger partial charge in [-0.3, -0.25) is 4.79 Å². The lowest BCUT2D eigenvalue weighted by Gasteiger charge is -2.30. The number of benzene rings is 3. The minimum Gasteiger partial charge on any atom is -0.491 e. The number of H-pyrrole nitrogens is 2. The van der Waals surface area contributed by atoms with Gasteiger partial charge in [0.15, 0.2) is 23.6 Å². The Bertz CT molecular complexity index is 1580. The molecular weight excluding hydrogens is 496 g/mol. The fourth-order valence-electron chi connectivity index (χ4n) is 4.09. The lowest BCUT2D eigenvalue weighted by Crippen LogP contribution is -2.48. The molecule has 0 radical (unpaired) electrons. The van der Waals surface area contributed by atoms with Gasteiger partial charge in [-0.2, -0.15) is 0 Å². The summed E-state index contributed by atoms with van der Waals surface area (Å²) in [5.41, 5.74) is 1.90. The molecule has 3 aromatic carbocycles. The van der Waals surface area contributed by atoms with Crippen LogP contribution in [0.4, 0.5) is 8.78 Å². The molecule has 0 spiro atoms. The lowest BCUT2D eigenvalue weighted by molar-refractivity contribution is -0.116. The summed E-state index contributed by atoms with van der Waals surface area (Å²) in [6.45, 7) is 0.0732. The molecule has 2 unspecified atom stereocenters. The van der Waals surface area contributed by atoms with Crippen molar-refractivity contribution in [1.29, 1.82) is 0 Å². The van der Waals surface area contributed by atoms with E-state index in [1.165, 1.54) is 23.4 Å². The third-order valence-corrected chi connectivity index (χ3v) is 6.02. The minimum atomic E-state index is -1.42. The first kappa shape index (κ1) is 24.9. The highest BCUT2D eigenvalue weighted by molar-refractivity contribution is 6.40. The maximum absolute atomic E-state index is 13.6. The summed E-state index contributed by atoms with van der Waals surface area (Å²) < 4.78 is 32.8. The fourth-order valence-corrected chi connectivity index (χ4v) is 4.09. The molecule has 2 heterocycles. The Balaban J connectivity index is 1.30. The number of aromatic amines is 2. The van der Waals surface area contributed by atoms with E-state index in [1.54, 1.807) is 18.2 Å². The van der Waals surface area contributed by atoms with Crippen molar-refractivity contribution in [3.63, 3.8) is 0 Å². The van der Waals surface area contributed by atoms with Crippen molar-refractivity contribution in [3.8, 4) is 5.75 Å². The summed E-state index contributed by atoms with van der Waals surface area (Å²) in [7, 11) is 0. The Kier molecular flexibility index (Phi) is 7.00. The SMILES string of the molecule is O=C(NC(COc1ccc2[nH]c(=O)[nH]c2c1)c1ccccc1)C1=NC=CN(Cc2ccc(F)c(F)c2)C1O. The molecule has 0 bridgehead atoms. The number of aromatic nitrogens is 2. The average molecular weight is 520 g/mol. The van der Waals surface area contributed by atoms with E-state index in [9.17, 15) is 23.5 Å². The Labute approximate surface area is 215 Å². The average Bonchev–Trinajstić information content (AvgIpc) is 3.29. The van der Waals surface area contributed by atoms with Gasteiger partial charge in [-0.05, 0) is 35.4 Å². The molecule has 0 aliphatic carbocycles. The summed E-state index contributed by atoms with van der Waals surface area (Å²) >= 11 is 0. The van der Waals surface area contributed by atoms with Gasteiger partial charge in [0.2, 0.25) is 0 Å². The molecule has 0 fully saturated rings. The first-order chi connectivity index (χ1) is 18.4. The molecule has 194 valence electrons. The van der Waals surface area contributed by atoms with Crippen LogP contribution in [0, 0.1) is 11.6 Å². The molecule has 11 heteroatoms. The summed E-state index contributed by atoms with van der Waals surface area (Å²) in [6.07, 6.45) is 1.39. The maximum atomic E-state index is 13.6. The highest BCUT2D eigenvalue weighted by atomic mass is 19.2. The van der Waals surface area contributed by atoms with Gasteiger partial charge in [-0.25, -0.2) is 18.6 Å². The summed E-state index contributed by atoms with van der Waals surface area (Å²) in [6, 6.07) is 17.1. The number of hydrogen-bond acceptors (Lipinski definition) is 6. The van der Waals surface area contributed by atoms with Gasteiger partial charge in [0.25, 0.3) is 5.91 Å². The predicted molar refractivity (Wildman–Crippen MR) is 136 cm³/mol. The van der Waals surface area contributed by atoms with Gasteiger partial charge in [0, 0.05) is 25.0 Å². The number of nitrogens with one attached hydrogen (secondary N) is 3. The van der Waals surface area contributed by atoms with Crippen LogP contribution >= 0.6 is 0 Å². The molecule has 4 N–H and O–H groups in total. The first-order valence-corrected chi connectivity index (χ1v) is 11.7. The molecule has 4 aromatic rings. The van der Waals surface area contributed by atoms with Gasteiger partial charge >= 0.3 is 5.69 Å². The van der Waals surface area contributed by atoms with Crippen molar-refractivity contribution in [3.05, 3.63) is 112 Å². The van der Waals surface area contributed by atoms with Crippen LogP contribution < -0.4 is 15.7 Å². The van der Waals surface area contributed by atoms with Crippen molar-refractivity contribution in [1.82, 2.24) is 20.2 Å². The molecule has 0 saturated heterocycles. The van der Waals surface area contributed by atoms with Gasteiger partial charge < -0.3 is 30.0 Å². The molecular formula is C27H23F2N5O4. The van der Waals surface area contributed by atoms with Crippen molar-refractivity contribution >= 4 is 22.7 Å². The number of halogens is 2. The Hall–Kier alpha value is -4.77. The van der Waals surface area contributed by atoms with E-state index in [2.05, 4.69) is 20.3 Å². The molecule has 5 rings (SSSR count). The Morgan fingerprint density at radius 2 is 1.84 bits per heavy atom. The molecule has 1 amide bonds. The monoisotopic (exact) mass is 519 g/mol. The number of aliphatic hydroxyl groups excluding tert-OH is 1. The number of imidazole rings is 1. The normalized spacial score (nSPS) is 15.8. The van der Waals surface area contributed by atoms with Crippen LogP contribution in [0.5, 0.6) is 5.75 Å². The third-order valence-electron chi connectivity index (χ3n) is 6.02. The van der Waals surface area contributed by atoms with Crippen LogP contribution in [0.25, 0.3) is 11.0 Å². The highest BCUT2D eigenvalue weighted by Gasteiger charge is 2.29. The number of fused-ring (bicyclic) bond motifs is 1. The van der Waals surface area contributed by atoms with Crippen LogP contribution in [-0.4, -0.2) is 44.4 Å². The number of nitrogens with zero attached hydrogens (tertiary/aromatic N) is 2. The van der Waals surface area contributed by atoms with E-state index in [0.29, 0.717) is 22.3 Å². The van der Waals surface area contributed by atoms with Crippen LogP contribution in [-0.2, 0) is 11.3 Å². The number of carbonyl (C=O) groups is 1. The quantitative estimate of drug-likeness (QED) is 0.285. The molecule has 1 aromatic heterocycles. The van der Waals surface area contributed by atoms with Crippen LogP contribution in [0.3, 0.4) is 0 Å². The third kappa shape index (κ3) is 5.47. The second-order valence-corrected chi connectivity index (χ2v) is 8.64. The second kappa shape index (κ2) is 10.7. The number of rotatable bonds is 8. The van der Waals surface area contributed by atoms with E-state index in [1.807, 2.05) is 30.3 Å². The van der Waals surface area contributed by atoms with Crippen LogP contribution in [0.1, 0.15) is 17.2 Å². The van der Waals surface area contributed by atoms with E-state index < -0.39 is 29.8 Å². The van der Waals surface area contributed by atoms with Crippen molar-refractivity contribution in [2.24, 2.45) is 4.99 Å². The summed E-state index contributed by atoms with van der Waals surface area (Å²) in [5, 5.41) is 13.7. The smallest absolute Gasteiger partial charge is 0.323 e. The predicted octanol–water partition coefficient (Wildman–Crippen LogP) is 3.12. The van der Waals surface area contributed by atoms with Crippen LogP contribution in [0.15, 0.2) is 88.9 Å². The molecule has 1 aliphatic heterocycles. The molecule has 2 atom stereocenters. The van der Waals surface area contributed by atoms with E-state index in [-0.39, 0.29) is 24.6 Å². The van der Waals surface area contributed by atoms with Crippen molar-refractivity contribution in [2.75, 3.05) is 6.61 Å². The first-order valence-electron chi connectivity index (χ1n) is 11.7. The zero-order chi connectivity index (χ0) is 26.6. The molecule has 0 saturated carbocycles. The van der Waals surface area contributed by atoms with E-state index in [4.69, 9.17) is 4.74 Å². The number of carbonyl (C=O) groups excluding carboxylic acids is 1. The van der Waals surface area contributed by atoms with Gasteiger partial charge in [-0.1, -0.05) is 36.4 Å². The number of aliphatic hydroxyl groups is 1.